The zero-order chi connectivity index (χ0) is 21.4. The van der Waals surface area contributed by atoms with Gasteiger partial charge in [-0.15, -0.1) is 0 Å². The Morgan fingerprint density at radius 1 is 1.33 bits per heavy atom. The van der Waals surface area contributed by atoms with E-state index in [-0.39, 0.29) is 34.7 Å². The maximum absolute atomic E-state index is 13.8. The van der Waals surface area contributed by atoms with Crippen LogP contribution < -0.4 is 10.6 Å². The number of aromatic nitrogens is 2. The van der Waals surface area contributed by atoms with Crippen molar-refractivity contribution in [2.75, 3.05) is 13.1 Å². The summed E-state index contributed by atoms with van der Waals surface area (Å²) in [6.07, 6.45) is 1.50. The lowest BCUT2D eigenvalue weighted by Gasteiger charge is -2.37. The van der Waals surface area contributed by atoms with Crippen LogP contribution in [-0.2, 0) is 7.05 Å². The number of benzene rings is 1. The van der Waals surface area contributed by atoms with Gasteiger partial charge in [0.2, 0.25) is 5.22 Å². The van der Waals surface area contributed by atoms with Gasteiger partial charge < -0.3 is 15.1 Å². The summed E-state index contributed by atoms with van der Waals surface area (Å²) < 4.78 is 20.9. The third kappa shape index (κ3) is 3.97. The average Bonchev–Trinajstić information content (AvgIpc) is 3.23. The molecular weight excluding hydrogens is 430 g/mol. The molecule has 2 N–H and O–H groups in total. The van der Waals surface area contributed by atoms with Crippen molar-refractivity contribution in [2.24, 2.45) is 13.0 Å². The highest BCUT2D eigenvalue weighted by atomic mass is 35.5. The number of hydrogen-bond acceptors (Lipinski definition) is 4. The van der Waals surface area contributed by atoms with Gasteiger partial charge in [-0.05, 0) is 41.8 Å². The lowest BCUT2D eigenvalue weighted by molar-refractivity contribution is 0.0887. The van der Waals surface area contributed by atoms with Crippen molar-refractivity contribution in [1.29, 1.82) is 0 Å². The minimum absolute atomic E-state index is 0.0395. The van der Waals surface area contributed by atoms with E-state index >= 15 is 0 Å². The van der Waals surface area contributed by atoms with E-state index in [2.05, 4.69) is 22.7 Å². The molecule has 0 aliphatic carbocycles. The Morgan fingerprint density at radius 3 is 2.83 bits per heavy atom. The third-order valence-corrected chi connectivity index (χ3v) is 6.04. The Kier molecular flexibility index (Phi) is 5.86. The summed E-state index contributed by atoms with van der Waals surface area (Å²) in [6.45, 7) is 3.42. The fourth-order valence-electron chi connectivity index (χ4n) is 4.13. The lowest BCUT2D eigenvalue weighted by Crippen LogP contribution is -2.53. The highest BCUT2D eigenvalue weighted by molar-refractivity contribution is 6.35. The van der Waals surface area contributed by atoms with Crippen molar-refractivity contribution in [2.45, 2.75) is 18.9 Å². The molecule has 3 atom stereocenters. The molecule has 1 aromatic carbocycles. The van der Waals surface area contributed by atoms with Crippen molar-refractivity contribution >= 4 is 29.1 Å². The number of aryl methyl sites for hydroxylation is 1. The van der Waals surface area contributed by atoms with Gasteiger partial charge >= 0.3 is 0 Å². The minimum Gasteiger partial charge on any atom is -0.439 e. The minimum atomic E-state index is -0.399. The first-order valence-corrected chi connectivity index (χ1v) is 10.3. The Morgan fingerprint density at radius 2 is 2.13 bits per heavy atom. The highest BCUT2D eigenvalue weighted by Gasteiger charge is 2.34. The zero-order valence-electron chi connectivity index (χ0n) is 16.5. The first kappa shape index (κ1) is 20.9. The summed E-state index contributed by atoms with van der Waals surface area (Å²) in [7, 11) is 1.73. The number of halogens is 3. The van der Waals surface area contributed by atoms with Gasteiger partial charge in [0.15, 0.2) is 5.76 Å². The van der Waals surface area contributed by atoms with E-state index in [1.54, 1.807) is 23.9 Å². The predicted molar refractivity (Wildman–Crippen MR) is 113 cm³/mol. The van der Waals surface area contributed by atoms with Crippen LogP contribution in [0.2, 0.25) is 10.2 Å². The van der Waals surface area contributed by atoms with Gasteiger partial charge in [-0.25, -0.2) is 4.39 Å². The van der Waals surface area contributed by atoms with Gasteiger partial charge in [-0.2, -0.15) is 5.10 Å². The van der Waals surface area contributed by atoms with Gasteiger partial charge in [0, 0.05) is 31.6 Å². The molecule has 0 bridgehead atoms. The SMILES string of the molecule is CC1CNC[C@@H](NC(=O)c2cc(-c3c(Cl)cnn3C)c(Cl)o2)[C@@H]1c1cccc(F)c1. The van der Waals surface area contributed by atoms with E-state index in [1.807, 2.05) is 6.07 Å². The lowest BCUT2D eigenvalue weighted by atomic mass is 9.79. The second kappa shape index (κ2) is 8.41. The fourth-order valence-corrected chi connectivity index (χ4v) is 4.62. The number of amides is 1. The van der Waals surface area contributed by atoms with E-state index < -0.39 is 5.91 Å². The van der Waals surface area contributed by atoms with E-state index in [0.717, 1.165) is 12.1 Å². The number of rotatable bonds is 4. The van der Waals surface area contributed by atoms with Gasteiger partial charge in [-0.3, -0.25) is 9.48 Å². The first-order valence-electron chi connectivity index (χ1n) is 9.59. The van der Waals surface area contributed by atoms with E-state index in [9.17, 15) is 9.18 Å². The maximum Gasteiger partial charge on any atom is 0.287 e. The number of carbonyl (C=O) groups excluding carboxylic acids is 1. The number of hydrogen-bond donors (Lipinski definition) is 2. The highest BCUT2D eigenvalue weighted by Crippen LogP contribution is 2.36. The largest absolute Gasteiger partial charge is 0.439 e. The molecule has 3 heterocycles. The van der Waals surface area contributed by atoms with Crippen molar-refractivity contribution in [3.05, 3.63) is 63.9 Å². The molecule has 3 aromatic rings. The molecule has 30 heavy (non-hydrogen) atoms. The van der Waals surface area contributed by atoms with Crippen LogP contribution >= 0.6 is 23.2 Å². The normalized spacial score (nSPS) is 21.6. The van der Waals surface area contributed by atoms with Crippen molar-refractivity contribution in [3.8, 4) is 11.3 Å². The molecule has 6 nitrogen and oxygen atoms in total. The van der Waals surface area contributed by atoms with Crippen LogP contribution in [0.15, 0.2) is 40.9 Å². The molecule has 4 rings (SSSR count). The van der Waals surface area contributed by atoms with Crippen molar-refractivity contribution in [1.82, 2.24) is 20.4 Å². The molecular formula is C21H21Cl2FN4O2. The van der Waals surface area contributed by atoms with Crippen LogP contribution in [-0.4, -0.2) is 34.8 Å². The second-order valence-electron chi connectivity index (χ2n) is 7.56. The molecule has 158 valence electrons. The molecule has 1 unspecified atom stereocenters. The van der Waals surface area contributed by atoms with Crippen LogP contribution in [0, 0.1) is 11.7 Å². The maximum atomic E-state index is 13.8. The van der Waals surface area contributed by atoms with E-state index in [0.29, 0.717) is 22.8 Å². The monoisotopic (exact) mass is 450 g/mol. The van der Waals surface area contributed by atoms with E-state index in [1.165, 1.54) is 18.3 Å². The summed E-state index contributed by atoms with van der Waals surface area (Å²) in [4.78, 5) is 12.9. The van der Waals surface area contributed by atoms with Gasteiger partial charge in [0.25, 0.3) is 5.91 Å². The standard InChI is InChI=1S/C21H21Cl2FN4O2/c1-11-8-25-10-16(18(11)12-4-3-5-13(24)6-12)27-21(29)17-7-14(20(23)30-17)19-15(22)9-26-28(19)2/h3-7,9,11,16,18,25H,8,10H2,1-2H3,(H,27,29)/t11?,16-,18+/m1/s1. The Bertz CT molecular complexity index is 1060. The molecule has 2 aromatic heterocycles. The Hall–Kier alpha value is -2.35. The summed E-state index contributed by atoms with van der Waals surface area (Å²) in [5.74, 6) is -0.455. The van der Waals surface area contributed by atoms with Crippen LogP contribution in [0.3, 0.4) is 0 Å². The second-order valence-corrected chi connectivity index (χ2v) is 8.31. The molecule has 1 aliphatic heterocycles. The number of furan rings is 1. The molecule has 1 saturated heterocycles. The number of piperidine rings is 1. The van der Waals surface area contributed by atoms with Gasteiger partial charge in [-0.1, -0.05) is 30.7 Å². The topological polar surface area (TPSA) is 72.1 Å². The quantitative estimate of drug-likeness (QED) is 0.623. The van der Waals surface area contributed by atoms with Crippen LogP contribution in [0.4, 0.5) is 4.39 Å². The summed E-state index contributed by atoms with van der Waals surface area (Å²) >= 11 is 12.4. The third-order valence-electron chi connectivity index (χ3n) is 5.49. The van der Waals surface area contributed by atoms with Crippen LogP contribution in [0.25, 0.3) is 11.3 Å². The summed E-state index contributed by atoms with van der Waals surface area (Å²) in [5.41, 5.74) is 1.91. The van der Waals surface area contributed by atoms with Crippen molar-refractivity contribution in [3.63, 3.8) is 0 Å². The molecule has 9 heteroatoms. The smallest absolute Gasteiger partial charge is 0.287 e. The number of nitrogens with zero attached hydrogens (tertiary/aromatic N) is 2. The van der Waals surface area contributed by atoms with Gasteiger partial charge in [0.05, 0.1) is 22.5 Å². The fraction of sp³-hybridized carbons (Fsp3) is 0.333. The summed E-state index contributed by atoms with van der Waals surface area (Å²) in [6, 6.07) is 7.83. The van der Waals surface area contributed by atoms with Crippen molar-refractivity contribution < 1.29 is 13.6 Å². The first-order chi connectivity index (χ1) is 14.3. The molecule has 1 aliphatic rings. The molecule has 1 fully saturated rings. The van der Waals surface area contributed by atoms with E-state index in [4.69, 9.17) is 27.6 Å². The van der Waals surface area contributed by atoms with Gasteiger partial charge in [0.1, 0.15) is 5.82 Å². The predicted octanol–water partition coefficient (Wildman–Crippen LogP) is 4.25. The average molecular weight is 451 g/mol. The Labute approximate surface area is 183 Å². The molecule has 0 saturated carbocycles. The molecule has 0 radical (unpaired) electrons. The summed E-state index contributed by atoms with van der Waals surface area (Å²) in [5, 5.41) is 10.9. The number of carbonyl (C=O) groups is 1. The zero-order valence-corrected chi connectivity index (χ0v) is 18.0. The Balaban J connectivity index is 1.59. The molecule has 1 amide bonds. The van der Waals surface area contributed by atoms with Crippen LogP contribution in [0.1, 0.15) is 29.0 Å². The molecule has 0 spiro atoms. The number of nitrogens with one attached hydrogen (secondary N) is 2. The van der Waals surface area contributed by atoms with Crippen LogP contribution in [0.5, 0.6) is 0 Å².